The molecular weight excluding hydrogens is 208 g/mol. The van der Waals surface area contributed by atoms with Crippen LogP contribution >= 0.6 is 0 Å². The Morgan fingerprint density at radius 1 is 1.44 bits per heavy atom. The molecule has 0 aromatic carbocycles. The number of nitrogens with one attached hydrogen (secondary N) is 1. The molecule has 0 aliphatic heterocycles. The van der Waals surface area contributed by atoms with Gasteiger partial charge in [-0.15, -0.1) is 5.10 Å². The van der Waals surface area contributed by atoms with Crippen LogP contribution in [0, 0.1) is 0 Å². The van der Waals surface area contributed by atoms with Gasteiger partial charge in [0.25, 0.3) is 0 Å². The molecule has 0 aliphatic carbocycles. The average molecular weight is 228 g/mol. The molecule has 0 radical (unpaired) electrons. The van der Waals surface area contributed by atoms with E-state index in [1.807, 2.05) is 13.1 Å². The lowest BCUT2D eigenvalue weighted by Gasteiger charge is -2.09. The van der Waals surface area contributed by atoms with Crippen molar-refractivity contribution in [2.45, 2.75) is 38.9 Å². The Kier molecular flexibility index (Phi) is 5.99. The first-order valence-electron chi connectivity index (χ1n) is 5.60. The lowest BCUT2D eigenvalue weighted by molar-refractivity contribution is 0.268. The lowest BCUT2D eigenvalue weighted by atomic mass is 10.2. The lowest BCUT2D eigenvalue weighted by Crippen LogP contribution is -2.26. The third-order valence-electron chi connectivity index (χ3n) is 2.33. The molecule has 0 amide bonds. The smallest absolute Gasteiger partial charge is 0.0964 e. The largest absolute Gasteiger partial charge is 0.396 e. The van der Waals surface area contributed by atoms with E-state index in [1.54, 1.807) is 4.68 Å². The molecule has 16 heavy (non-hydrogen) atoms. The summed E-state index contributed by atoms with van der Waals surface area (Å²) in [5.41, 5.74) is 0.878. The van der Waals surface area contributed by atoms with E-state index in [4.69, 9.17) is 10.2 Å². The van der Waals surface area contributed by atoms with Gasteiger partial charge in [0.1, 0.15) is 0 Å². The minimum Gasteiger partial charge on any atom is -0.396 e. The second-order valence-electron chi connectivity index (χ2n) is 3.84. The van der Waals surface area contributed by atoms with Crippen molar-refractivity contribution in [1.29, 1.82) is 0 Å². The Morgan fingerprint density at radius 3 is 2.94 bits per heavy atom. The van der Waals surface area contributed by atoms with Gasteiger partial charge >= 0.3 is 0 Å². The van der Waals surface area contributed by atoms with E-state index in [0.717, 1.165) is 12.1 Å². The molecule has 0 aliphatic rings. The van der Waals surface area contributed by atoms with Gasteiger partial charge < -0.3 is 15.5 Å². The van der Waals surface area contributed by atoms with Gasteiger partial charge in [0.2, 0.25) is 0 Å². The Balaban J connectivity index is 2.28. The van der Waals surface area contributed by atoms with Crippen molar-refractivity contribution in [2.75, 3.05) is 13.2 Å². The molecule has 0 bridgehead atoms. The average Bonchev–Trinajstić information content (AvgIpc) is 2.72. The van der Waals surface area contributed by atoms with Gasteiger partial charge in [-0.25, -0.2) is 0 Å². The highest BCUT2D eigenvalue weighted by atomic mass is 16.3. The van der Waals surface area contributed by atoms with Crippen LogP contribution in [-0.4, -0.2) is 44.5 Å². The van der Waals surface area contributed by atoms with E-state index in [0.29, 0.717) is 19.5 Å². The molecule has 3 N–H and O–H groups in total. The molecule has 0 saturated carbocycles. The van der Waals surface area contributed by atoms with Gasteiger partial charge in [-0.05, 0) is 19.8 Å². The highest BCUT2D eigenvalue weighted by molar-refractivity contribution is 4.91. The van der Waals surface area contributed by atoms with E-state index in [9.17, 15) is 0 Å². The summed E-state index contributed by atoms with van der Waals surface area (Å²) in [7, 11) is 0. The van der Waals surface area contributed by atoms with Gasteiger partial charge in [-0.2, -0.15) is 0 Å². The van der Waals surface area contributed by atoms with Crippen molar-refractivity contribution in [2.24, 2.45) is 0 Å². The summed E-state index contributed by atoms with van der Waals surface area (Å²) in [5.74, 6) is 0. The second kappa shape index (κ2) is 7.32. The number of aryl methyl sites for hydroxylation is 1. The summed E-state index contributed by atoms with van der Waals surface area (Å²) in [4.78, 5) is 0. The zero-order chi connectivity index (χ0) is 11.8. The Labute approximate surface area is 95.3 Å². The van der Waals surface area contributed by atoms with Gasteiger partial charge in [0.15, 0.2) is 0 Å². The molecule has 1 aromatic heterocycles. The van der Waals surface area contributed by atoms with Gasteiger partial charge in [0.05, 0.1) is 5.69 Å². The van der Waals surface area contributed by atoms with Crippen LogP contribution in [0.3, 0.4) is 0 Å². The van der Waals surface area contributed by atoms with Gasteiger partial charge in [-0.1, -0.05) is 5.21 Å². The van der Waals surface area contributed by atoms with E-state index < -0.39 is 0 Å². The number of hydrogen-bond donors (Lipinski definition) is 3. The van der Waals surface area contributed by atoms with Crippen molar-refractivity contribution in [3.63, 3.8) is 0 Å². The molecule has 0 fully saturated rings. The number of hydrogen-bond acceptors (Lipinski definition) is 5. The fourth-order valence-electron chi connectivity index (χ4n) is 1.34. The molecule has 0 spiro atoms. The monoisotopic (exact) mass is 228 g/mol. The molecule has 1 aromatic rings. The van der Waals surface area contributed by atoms with E-state index in [2.05, 4.69) is 15.6 Å². The Bertz CT molecular complexity index is 290. The summed E-state index contributed by atoms with van der Waals surface area (Å²) in [6.45, 7) is 3.72. The number of rotatable bonds is 8. The summed E-state index contributed by atoms with van der Waals surface area (Å²) in [6.07, 6.45) is 3.30. The summed E-state index contributed by atoms with van der Waals surface area (Å²) in [5, 5.41) is 28.6. The predicted octanol–water partition coefficient (Wildman–Crippen LogP) is -0.479. The first-order valence-corrected chi connectivity index (χ1v) is 5.60. The van der Waals surface area contributed by atoms with E-state index in [-0.39, 0.29) is 19.3 Å². The van der Waals surface area contributed by atoms with E-state index in [1.165, 1.54) is 0 Å². The minimum absolute atomic E-state index is 0.168. The summed E-state index contributed by atoms with van der Waals surface area (Å²) in [6, 6.07) is 0.271. The van der Waals surface area contributed by atoms with Crippen LogP contribution in [-0.2, 0) is 13.1 Å². The predicted molar refractivity (Wildman–Crippen MR) is 59.7 cm³/mol. The van der Waals surface area contributed by atoms with Crippen LogP contribution in [0.5, 0.6) is 0 Å². The van der Waals surface area contributed by atoms with Crippen molar-refractivity contribution in [1.82, 2.24) is 20.3 Å². The minimum atomic E-state index is 0.168. The molecule has 1 unspecified atom stereocenters. The molecule has 1 atom stereocenters. The molecule has 92 valence electrons. The maximum atomic E-state index is 8.74. The number of aliphatic hydroxyl groups excluding tert-OH is 2. The van der Waals surface area contributed by atoms with Crippen LogP contribution < -0.4 is 5.32 Å². The second-order valence-corrected chi connectivity index (χ2v) is 3.84. The van der Waals surface area contributed by atoms with Crippen molar-refractivity contribution >= 4 is 0 Å². The molecule has 6 heteroatoms. The zero-order valence-electron chi connectivity index (χ0n) is 9.63. The quantitative estimate of drug-likeness (QED) is 0.560. The normalized spacial score (nSPS) is 12.9. The Hall–Kier alpha value is -0.980. The maximum Gasteiger partial charge on any atom is 0.0964 e. The first kappa shape index (κ1) is 13.1. The third kappa shape index (κ3) is 4.69. The van der Waals surface area contributed by atoms with Crippen LogP contribution in [0.15, 0.2) is 6.20 Å². The van der Waals surface area contributed by atoms with Crippen molar-refractivity contribution < 1.29 is 10.2 Å². The van der Waals surface area contributed by atoms with Gasteiger partial charge in [-0.3, -0.25) is 4.68 Å². The highest BCUT2D eigenvalue weighted by Crippen LogP contribution is 1.96. The van der Waals surface area contributed by atoms with Gasteiger partial charge in [0, 0.05) is 38.5 Å². The van der Waals surface area contributed by atoms with E-state index >= 15 is 0 Å². The Morgan fingerprint density at radius 2 is 2.25 bits per heavy atom. The molecular formula is C10H20N4O2. The topological polar surface area (TPSA) is 83.2 Å². The number of nitrogens with zero attached hydrogens (tertiary/aromatic N) is 3. The standard InChI is InChI=1S/C10H20N4O2/c1-9(3-6-16)11-7-10-8-14(13-12-10)4-2-5-15/h8-9,11,15-16H,2-7H2,1H3. The zero-order valence-corrected chi connectivity index (χ0v) is 9.63. The number of aliphatic hydroxyl groups is 2. The molecule has 0 saturated heterocycles. The fourth-order valence-corrected chi connectivity index (χ4v) is 1.34. The fraction of sp³-hybridized carbons (Fsp3) is 0.800. The SMILES string of the molecule is CC(CCO)NCc1cn(CCCO)nn1. The van der Waals surface area contributed by atoms with Crippen molar-refractivity contribution in [3.8, 4) is 0 Å². The molecule has 6 nitrogen and oxygen atoms in total. The van der Waals surface area contributed by atoms with Crippen LogP contribution in [0.4, 0.5) is 0 Å². The first-order chi connectivity index (χ1) is 7.76. The molecule has 1 rings (SSSR count). The maximum absolute atomic E-state index is 8.74. The van der Waals surface area contributed by atoms with Crippen molar-refractivity contribution in [3.05, 3.63) is 11.9 Å². The van der Waals surface area contributed by atoms with Crippen LogP contribution in [0.2, 0.25) is 0 Å². The number of aromatic nitrogens is 3. The third-order valence-corrected chi connectivity index (χ3v) is 2.33. The molecule has 1 heterocycles. The summed E-state index contributed by atoms with van der Waals surface area (Å²) >= 11 is 0. The van der Waals surface area contributed by atoms with Crippen LogP contribution in [0.25, 0.3) is 0 Å². The van der Waals surface area contributed by atoms with Crippen LogP contribution in [0.1, 0.15) is 25.5 Å². The summed E-state index contributed by atoms with van der Waals surface area (Å²) < 4.78 is 1.73. The highest BCUT2D eigenvalue weighted by Gasteiger charge is 2.03.